The predicted octanol–water partition coefficient (Wildman–Crippen LogP) is 4.18. The van der Waals surface area contributed by atoms with Crippen molar-refractivity contribution < 1.29 is 9.15 Å². The van der Waals surface area contributed by atoms with E-state index >= 15 is 0 Å². The second-order valence-electron chi connectivity index (χ2n) is 5.00. The van der Waals surface area contributed by atoms with Gasteiger partial charge in [-0.05, 0) is 48.6 Å². The van der Waals surface area contributed by atoms with Gasteiger partial charge < -0.3 is 9.15 Å². The average Bonchev–Trinajstić information content (AvgIpc) is 3.14. The van der Waals surface area contributed by atoms with Crippen molar-refractivity contribution in [3.63, 3.8) is 0 Å². The van der Waals surface area contributed by atoms with Crippen LogP contribution in [0.3, 0.4) is 0 Å². The van der Waals surface area contributed by atoms with Crippen LogP contribution in [-0.2, 0) is 6.61 Å². The molecular formula is C14H11ClN4O2S2. The SMILES string of the molecule is Clc1ccc(OCc2nnc(Sc3nc(C4CC4)ns3)o2)cc1. The first-order chi connectivity index (χ1) is 11.3. The van der Waals surface area contributed by atoms with Crippen molar-refractivity contribution >= 4 is 34.9 Å². The molecule has 0 radical (unpaired) electrons. The van der Waals surface area contributed by atoms with Gasteiger partial charge in [0.15, 0.2) is 10.9 Å². The maximum absolute atomic E-state index is 5.83. The van der Waals surface area contributed by atoms with Crippen LogP contribution in [-0.4, -0.2) is 19.6 Å². The summed E-state index contributed by atoms with van der Waals surface area (Å²) in [5.41, 5.74) is 0. The van der Waals surface area contributed by atoms with Gasteiger partial charge in [0.05, 0.1) is 0 Å². The van der Waals surface area contributed by atoms with E-state index in [1.807, 2.05) is 0 Å². The summed E-state index contributed by atoms with van der Waals surface area (Å²) < 4.78 is 16.3. The van der Waals surface area contributed by atoms with Crippen LogP contribution < -0.4 is 4.74 Å². The Morgan fingerprint density at radius 1 is 1.26 bits per heavy atom. The molecule has 0 spiro atoms. The molecule has 0 N–H and O–H groups in total. The normalized spacial score (nSPS) is 14.1. The van der Waals surface area contributed by atoms with Gasteiger partial charge in [-0.3, -0.25) is 0 Å². The maximum Gasteiger partial charge on any atom is 0.283 e. The van der Waals surface area contributed by atoms with E-state index in [2.05, 4.69) is 19.6 Å². The molecule has 6 nitrogen and oxygen atoms in total. The quantitative estimate of drug-likeness (QED) is 0.647. The minimum Gasteiger partial charge on any atom is -0.484 e. The second kappa shape index (κ2) is 6.46. The molecule has 23 heavy (non-hydrogen) atoms. The molecule has 1 aliphatic rings. The van der Waals surface area contributed by atoms with Crippen LogP contribution in [0.4, 0.5) is 0 Å². The molecule has 1 fully saturated rings. The van der Waals surface area contributed by atoms with Gasteiger partial charge in [0.25, 0.3) is 11.1 Å². The van der Waals surface area contributed by atoms with Crippen molar-refractivity contribution in [2.45, 2.75) is 34.9 Å². The minimum atomic E-state index is 0.207. The molecule has 1 saturated carbocycles. The lowest BCUT2D eigenvalue weighted by molar-refractivity contribution is 0.252. The molecule has 0 aliphatic heterocycles. The van der Waals surface area contributed by atoms with Gasteiger partial charge in [-0.1, -0.05) is 11.6 Å². The number of benzene rings is 1. The Labute approximate surface area is 145 Å². The first kappa shape index (κ1) is 14.9. The van der Waals surface area contributed by atoms with Crippen molar-refractivity contribution in [3.8, 4) is 5.75 Å². The summed E-state index contributed by atoms with van der Waals surface area (Å²) in [6, 6.07) is 7.10. The molecule has 1 aliphatic carbocycles. The van der Waals surface area contributed by atoms with E-state index in [0.29, 0.717) is 27.8 Å². The second-order valence-corrected chi connectivity index (χ2v) is 7.39. The third-order valence-corrected chi connectivity index (χ3v) is 5.02. The largest absolute Gasteiger partial charge is 0.484 e. The molecule has 3 aromatic rings. The molecule has 0 atom stereocenters. The summed E-state index contributed by atoms with van der Waals surface area (Å²) in [4.78, 5) is 4.48. The van der Waals surface area contributed by atoms with Crippen molar-refractivity contribution in [3.05, 3.63) is 41.0 Å². The first-order valence-corrected chi connectivity index (χ1v) is 8.95. The van der Waals surface area contributed by atoms with Crippen LogP contribution >= 0.6 is 34.9 Å². The fourth-order valence-electron chi connectivity index (χ4n) is 1.86. The molecule has 2 aromatic heterocycles. The lowest BCUT2D eigenvalue weighted by Gasteiger charge is -2.02. The summed E-state index contributed by atoms with van der Waals surface area (Å²) in [6.07, 6.45) is 2.38. The summed E-state index contributed by atoms with van der Waals surface area (Å²) in [7, 11) is 0. The van der Waals surface area contributed by atoms with Crippen LogP contribution in [0.2, 0.25) is 5.02 Å². The van der Waals surface area contributed by atoms with E-state index in [9.17, 15) is 0 Å². The molecule has 0 saturated heterocycles. The highest BCUT2D eigenvalue weighted by Gasteiger charge is 2.28. The van der Waals surface area contributed by atoms with E-state index in [1.165, 1.54) is 36.1 Å². The third kappa shape index (κ3) is 3.82. The highest BCUT2D eigenvalue weighted by Crippen LogP contribution is 2.40. The van der Waals surface area contributed by atoms with Crippen molar-refractivity contribution in [2.75, 3.05) is 0 Å². The van der Waals surface area contributed by atoms with Crippen LogP contribution in [0, 0.1) is 0 Å². The fraction of sp³-hybridized carbons (Fsp3) is 0.286. The van der Waals surface area contributed by atoms with Crippen LogP contribution in [0.25, 0.3) is 0 Å². The third-order valence-electron chi connectivity index (χ3n) is 3.16. The summed E-state index contributed by atoms with van der Waals surface area (Å²) in [5.74, 6) is 2.59. The van der Waals surface area contributed by atoms with Gasteiger partial charge in [0.2, 0.25) is 0 Å². The zero-order valence-corrected chi connectivity index (χ0v) is 14.2. The predicted molar refractivity (Wildman–Crippen MR) is 86.1 cm³/mol. The van der Waals surface area contributed by atoms with Crippen LogP contribution in [0.15, 0.2) is 38.2 Å². The Morgan fingerprint density at radius 2 is 2.09 bits per heavy atom. The maximum atomic E-state index is 5.83. The number of nitrogens with zero attached hydrogens (tertiary/aromatic N) is 4. The average molecular weight is 367 g/mol. The molecule has 1 aromatic carbocycles. The molecule has 118 valence electrons. The lowest BCUT2D eigenvalue weighted by Crippen LogP contribution is -1.95. The smallest absolute Gasteiger partial charge is 0.283 e. The first-order valence-electron chi connectivity index (χ1n) is 6.98. The van der Waals surface area contributed by atoms with Crippen LogP contribution in [0.5, 0.6) is 5.75 Å². The zero-order chi connectivity index (χ0) is 15.6. The Kier molecular flexibility index (Phi) is 4.19. The van der Waals surface area contributed by atoms with Gasteiger partial charge in [0, 0.05) is 22.7 Å². The van der Waals surface area contributed by atoms with Crippen LogP contribution in [0.1, 0.15) is 30.5 Å². The topological polar surface area (TPSA) is 73.9 Å². The number of hydrogen-bond donors (Lipinski definition) is 0. The summed E-state index contributed by atoms with van der Waals surface area (Å²) in [5, 5.41) is 9.06. The van der Waals surface area contributed by atoms with E-state index in [4.69, 9.17) is 20.8 Å². The molecule has 4 rings (SSSR count). The summed E-state index contributed by atoms with van der Waals surface area (Å²) in [6.45, 7) is 0.207. The molecular weight excluding hydrogens is 356 g/mol. The summed E-state index contributed by atoms with van der Waals surface area (Å²) >= 11 is 8.52. The van der Waals surface area contributed by atoms with Crippen molar-refractivity contribution in [1.29, 1.82) is 0 Å². The lowest BCUT2D eigenvalue weighted by atomic mass is 10.3. The zero-order valence-electron chi connectivity index (χ0n) is 11.8. The van der Waals surface area contributed by atoms with Crippen molar-refractivity contribution in [2.24, 2.45) is 0 Å². The highest BCUT2D eigenvalue weighted by atomic mass is 35.5. The van der Waals surface area contributed by atoms with Gasteiger partial charge in [-0.25, -0.2) is 4.98 Å². The Morgan fingerprint density at radius 3 is 2.87 bits per heavy atom. The van der Waals surface area contributed by atoms with E-state index < -0.39 is 0 Å². The van der Waals surface area contributed by atoms with E-state index in [-0.39, 0.29) is 6.61 Å². The number of rotatable bonds is 6. The Balaban J connectivity index is 1.35. The number of halogens is 1. The highest BCUT2D eigenvalue weighted by molar-refractivity contribution is 8.00. The van der Waals surface area contributed by atoms with E-state index in [0.717, 1.165) is 10.2 Å². The van der Waals surface area contributed by atoms with Gasteiger partial charge in [-0.2, -0.15) is 4.37 Å². The number of hydrogen-bond acceptors (Lipinski definition) is 8. The standard InChI is InChI=1S/C14H11ClN4O2S2/c15-9-3-5-10(6-4-9)20-7-11-17-18-13(21-11)22-14-16-12(19-23-14)8-1-2-8/h3-6,8H,1-2,7H2. The molecule has 9 heteroatoms. The Bertz CT molecular complexity index is 801. The Hall–Kier alpha value is -1.64. The monoisotopic (exact) mass is 366 g/mol. The van der Waals surface area contributed by atoms with Gasteiger partial charge in [-0.15, -0.1) is 10.2 Å². The van der Waals surface area contributed by atoms with E-state index in [1.54, 1.807) is 24.3 Å². The molecule has 2 heterocycles. The molecule has 0 amide bonds. The number of aromatic nitrogens is 4. The van der Waals surface area contributed by atoms with Gasteiger partial charge in [0.1, 0.15) is 11.6 Å². The molecule has 0 unspecified atom stereocenters. The number of ether oxygens (including phenoxy) is 1. The molecule has 0 bridgehead atoms. The van der Waals surface area contributed by atoms with Crippen molar-refractivity contribution in [1.82, 2.24) is 19.6 Å². The fourth-order valence-corrected chi connectivity index (χ4v) is 3.46. The minimum absolute atomic E-state index is 0.207. The van der Waals surface area contributed by atoms with Gasteiger partial charge >= 0.3 is 0 Å².